The quantitative estimate of drug-likeness (QED) is 0.743. The highest BCUT2D eigenvalue weighted by atomic mass is 16.5. The van der Waals surface area contributed by atoms with Gasteiger partial charge in [-0.05, 0) is 13.0 Å². The van der Waals surface area contributed by atoms with Crippen LogP contribution in [0, 0.1) is 0 Å². The highest BCUT2D eigenvalue weighted by molar-refractivity contribution is 6.13. The van der Waals surface area contributed by atoms with Crippen LogP contribution in [0.25, 0.3) is 11.6 Å². The Balaban J connectivity index is 3.73. The largest absolute Gasteiger partial charge is 0.496 e. The number of ether oxygens (including phenoxy) is 1. The van der Waals surface area contributed by atoms with Gasteiger partial charge in [0.05, 0.1) is 7.11 Å². The molecule has 16 heavy (non-hydrogen) atoms. The van der Waals surface area contributed by atoms with Crippen LogP contribution in [-0.2, 0) is 16.6 Å². The Bertz CT molecular complexity index is 537. The number of carboxylic acids is 1. The van der Waals surface area contributed by atoms with Crippen molar-refractivity contribution in [1.82, 2.24) is 4.57 Å². The topological polar surface area (TPSA) is 51.5 Å². The molecule has 86 valence electrons. The van der Waals surface area contributed by atoms with Gasteiger partial charge in [-0.2, -0.15) is 0 Å². The van der Waals surface area contributed by atoms with Crippen molar-refractivity contribution >= 4 is 17.6 Å². The van der Waals surface area contributed by atoms with Crippen molar-refractivity contribution < 1.29 is 14.6 Å². The molecule has 0 aliphatic carbocycles. The van der Waals surface area contributed by atoms with Gasteiger partial charge >= 0.3 is 5.97 Å². The van der Waals surface area contributed by atoms with Gasteiger partial charge in [-0.1, -0.05) is 12.7 Å². The van der Waals surface area contributed by atoms with E-state index in [-0.39, 0.29) is 11.3 Å². The summed E-state index contributed by atoms with van der Waals surface area (Å²) in [5.74, 6) is -0.886. The minimum absolute atomic E-state index is 0.0937. The van der Waals surface area contributed by atoms with Gasteiger partial charge in [-0.15, -0.1) is 0 Å². The van der Waals surface area contributed by atoms with Gasteiger partial charge in [0.1, 0.15) is 11.3 Å². The lowest BCUT2D eigenvalue weighted by Crippen LogP contribution is -2.31. The van der Waals surface area contributed by atoms with E-state index in [0.717, 1.165) is 5.35 Å². The minimum atomic E-state index is -1.04. The molecular formula is C12H15NO3. The van der Waals surface area contributed by atoms with Crippen molar-refractivity contribution in [2.75, 3.05) is 7.11 Å². The molecule has 1 heterocycles. The molecule has 0 bridgehead atoms. The van der Waals surface area contributed by atoms with E-state index in [1.165, 1.54) is 7.11 Å². The van der Waals surface area contributed by atoms with E-state index in [1.54, 1.807) is 12.3 Å². The summed E-state index contributed by atoms with van der Waals surface area (Å²) in [4.78, 5) is 11.2. The molecule has 1 aromatic heterocycles. The Morgan fingerprint density at radius 3 is 2.69 bits per heavy atom. The zero-order chi connectivity index (χ0) is 12.3. The van der Waals surface area contributed by atoms with Crippen LogP contribution in [0.2, 0.25) is 0 Å². The first-order valence-electron chi connectivity index (χ1n) is 4.81. The molecule has 0 aromatic carbocycles. The number of aromatic nitrogens is 1. The van der Waals surface area contributed by atoms with E-state index in [9.17, 15) is 4.79 Å². The second kappa shape index (κ2) is 4.70. The predicted molar refractivity (Wildman–Crippen MR) is 62.0 cm³/mol. The molecule has 4 heteroatoms. The first kappa shape index (κ1) is 12.1. The summed E-state index contributed by atoms with van der Waals surface area (Å²) in [7, 11) is 3.26. The first-order chi connectivity index (χ1) is 7.52. The fourth-order valence-corrected chi connectivity index (χ4v) is 1.60. The van der Waals surface area contributed by atoms with Crippen molar-refractivity contribution in [2.45, 2.75) is 6.92 Å². The number of rotatable bonds is 3. The fourth-order valence-electron chi connectivity index (χ4n) is 1.60. The molecule has 1 N–H and O–H groups in total. The summed E-state index contributed by atoms with van der Waals surface area (Å²) in [5, 5.41) is 10.6. The van der Waals surface area contributed by atoms with Crippen LogP contribution in [-0.4, -0.2) is 22.8 Å². The molecule has 0 spiro atoms. The molecule has 0 atom stereocenters. The number of methoxy groups -OCH3 is 1. The Labute approximate surface area is 93.8 Å². The maximum absolute atomic E-state index is 11.2. The summed E-state index contributed by atoms with van der Waals surface area (Å²) in [5.41, 5.74) is 0.0937. The molecule has 0 saturated carbocycles. The average Bonchev–Trinajstić information content (AvgIpc) is 2.59. The maximum Gasteiger partial charge on any atom is 0.340 e. The molecule has 0 unspecified atom stereocenters. The Hall–Kier alpha value is -1.97. The second-order valence-corrected chi connectivity index (χ2v) is 3.32. The monoisotopic (exact) mass is 221 g/mol. The molecule has 0 saturated heterocycles. The van der Waals surface area contributed by atoms with Gasteiger partial charge in [0, 0.05) is 23.8 Å². The number of carboxylic acid groups (broad SMARTS) is 1. The summed E-state index contributed by atoms with van der Waals surface area (Å²) in [6.07, 6.45) is 3.65. The SMILES string of the molecule is C=C(OC)/C(C(=O)O)=c1/ccn(C)/c1=C/C. The van der Waals surface area contributed by atoms with Crippen molar-refractivity contribution in [3.63, 3.8) is 0 Å². The Morgan fingerprint density at radius 2 is 2.25 bits per heavy atom. The normalized spacial score (nSPS) is 13.6. The van der Waals surface area contributed by atoms with Gasteiger partial charge in [0.15, 0.2) is 0 Å². The third-order valence-corrected chi connectivity index (χ3v) is 2.40. The highest BCUT2D eigenvalue weighted by Gasteiger charge is 2.14. The van der Waals surface area contributed by atoms with E-state index in [2.05, 4.69) is 6.58 Å². The van der Waals surface area contributed by atoms with Crippen LogP contribution in [0.5, 0.6) is 0 Å². The number of carbonyl (C=O) groups is 1. The lowest BCUT2D eigenvalue weighted by atomic mass is 10.1. The van der Waals surface area contributed by atoms with Crippen molar-refractivity contribution in [2.24, 2.45) is 7.05 Å². The number of nitrogens with zero attached hydrogens (tertiary/aromatic N) is 1. The van der Waals surface area contributed by atoms with E-state index < -0.39 is 5.97 Å². The molecule has 1 aromatic rings. The molecule has 1 rings (SSSR count). The zero-order valence-electron chi connectivity index (χ0n) is 9.65. The maximum atomic E-state index is 11.2. The molecule has 0 fully saturated rings. The van der Waals surface area contributed by atoms with Crippen LogP contribution >= 0.6 is 0 Å². The molecule has 4 nitrogen and oxygen atoms in total. The Kier molecular flexibility index (Phi) is 3.55. The fraction of sp³-hybridized carbons (Fsp3) is 0.250. The lowest BCUT2D eigenvalue weighted by Gasteiger charge is -2.04. The zero-order valence-corrected chi connectivity index (χ0v) is 9.65. The third kappa shape index (κ3) is 2.00. The summed E-state index contributed by atoms with van der Waals surface area (Å²) >= 11 is 0. The van der Waals surface area contributed by atoms with Crippen LogP contribution in [0.4, 0.5) is 0 Å². The second-order valence-electron chi connectivity index (χ2n) is 3.32. The molecule has 0 radical (unpaired) electrons. The Morgan fingerprint density at radius 1 is 1.62 bits per heavy atom. The third-order valence-electron chi connectivity index (χ3n) is 2.40. The van der Waals surface area contributed by atoms with Gasteiger partial charge < -0.3 is 14.4 Å². The van der Waals surface area contributed by atoms with Gasteiger partial charge in [-0.3, -0.25) is 0 Å². The van der Waals surface area contributed by atoms with Gasteiger partial charge in [-0.25, -0.2) is 4.79 Å². The first-order valence-corrected chi connectivity index (χ1v) is 4.81. The molecule has 0 amide bonds. The van der Waals surface area contributed by atoms with E-state index in [4.69, 9.17) is 9.84 Å². The van der Waals surface area contributed by atoms with E-state index in [1.807, 2.05) is 24.6 Å². The van der Waals surface area contributed by atoms with Crippen LogP contribution in [0.3, 0.4) is 0 Å². The predicted octanol–water partition coefficient (Wildman–Crippen LogP) is 0.221. The number of aryl methyl sites for hydroxylation is 1. The smallest absolute Gasteiger partial charge is 0.340 e. The number of hydrogen-bond acceptors (Lipinski definition) is 2. The summed E-state index contributed by atoms with van der Waals surface area (Å²) in [6.45, 7) is 5.45. The minimum Gasteiger partial charge on any atom is -0.496 e. The van der Waals surface area contributed by atoms with Crippen LogP contribution in [0.1, 0.15) is 6.92 Å². The van der Waals surface area contributed by atoms with E-state index in [0.29, 0.717) is 5.22 Å². The lowest BCUT2D eigenvalue weighted by molar-refractivity contribution is -0.130. The summed E-state index contributed by atoms with van der Waals surface area (Å²) in [6, 6.07) is 1.74. The average molecular weight is 221 g/mol. The van der Waals surface area contributed by atoms with Crippen LogP contribution < -0.4 is 10.6 Å². The van der Waals surface area contributed by atoms with Gasteiger partial charge in [0.2, 0.25) is 0 Å². The number of hydrogen-bond donors (Lipinski definition) is 1. The standard InChI is InChI=1S/C12H15NO3/c1-5-10-9(6-7-13(10)3)11(12(14)15)8(2)16-4/h5-7H,2H2,1,3-4H3,(H,14,15)/b10-5+,11-9+. The molecular weight excluding hydrogens is 206 g/mol. The van der Waals surface area contributed by atoms with Crippen molar-refractivity contribution in [3.05, 3.63) is 35.2 Å². The van der Waals surface area contributed by atoms with Crippen LogP contribution in [0.15, 0.2) is 24.6 Å². The molecule has 0 aliphatic rings. The molecule has 0 aliphatic heterocycles. The highest BCUT2D eigenvalue weighted by Crippen LogP contribution is 2.07. The van der Waals surface area contributed by atoms with Crippen molar-refractivity contribution in [1.29, 1.82) is 0 Å². The number of aliphatic carboxylic acids is 1. The van der Waals surface area contributed by atoms with Gasteiger partial charge in [0.25, 0.3) is 0 Å². The van der Waals surface area contributed by atoms with E-state index >= 15 is 0 Å². The summed E-state index contributed by atoms with van der Waals surface area (Å²) < 4.78 is 6.75. The van der Waals surface area contributed by atoms with Crippen molar-refractivity contribution in [3.8, 4) is 0 Å².